The molecule has 0 unspecified atom stereocenters. The average molecular weight is 272 g/mol. The van der Waals surface area contributed by atoms with Crippen LogP contribution in [0.2, 0.25) is 10.0 Å². The highest BCUT2D eigenvalue weighted by atomic mass is 35.5. The van der Waals surface area contributed by atoms with Crippen LogP contribution >= 0.6 is 23.2 Å². The van der Waals surface area contributed by atoms with Crippen molar-refractivity contribution < 1.29 is 4.52 Å². The number of nitrogens with zero attached hydrogens (tertiary/aromatic N) is 2. The quantitative estimate of drug-likeness (QED) is 0.929. The van der Waals surface area contributed by atoms with Crippen LogP contribution in [0.1, 0.15) is 25.3 Å². The summed E-state index contributed by atoms with van der Waals surface area (Å²) in [5, 5.41) is 4.91. The first-order chi connectivity index (χ1) is 8.10. The van der Waals surface area contributed by atoms with E-state index in [1.54, 1.807) is 18.2 Å². The number of halogens is 2. The summed E-state index contributed by atoms with van der Waals surface area (Å²) in [6, 6.07) is 4.84. The van der Waals surface area contributed by atoms with Crippen molar-refractivity contribution in [3.63, 3.8) is 0 Å². The van der Waals surface area contributed by atoms with Gasteiger partial charge in [0.15, 0.2) is 0 Å². The number of hydrogen-bond acceptors (Lipinski definition) is 4. The summed E-state index contributed by atoms with van der Waals surface area (Å²) < 4.78 is 5.08. The maximum absolute atomic E-state index is 5.90. The van der Waals surface area contributed by atoms with Gasteiger partial charge in [0.05, 0.1) is 6.04 Å². The van der Waals surface area contributed by atoms with E-state index in [1.165, 1.54) is 0 Å². The molecule has 1 atom stereocenters. The van der Waals surface area contributed by atoms with E-state index in [0.717, 1.165) is 6.42 Å². The van der Waals surface area contributed by atoms with Gasteiger partial charge in [-0.15, -0.1) is 0 Å². The molecule has 0 bridgehead atoms. The summed E-state index contributed by atoms with van der Waals surface area (Å²) in [5.41, 5.74) is 6.51. The number of hydrogen-bond donors (Lipinski definition) is 1. The van der Waals surface area contributed by atoms with Crippen LogP contribution in [0.25, 0.3) is 11.4 Å². The van der Waals surface area contributed by atoms with Gasteiger partial charge in [-0.05, 0) is 24.6 Å². The lowest BCUT2D eigenvalue weighted by atomic mass is 10.2. The molecule has 2 aromatic rings. The fourth-order valence-corrected chi connectivity index (χ4v) is 1.89. The summed E-state index contributed by atoms with van der Waals surface area (Å²) in [4.78, 5) is 4.21. The lowest BCUT2D eigenvalue weighted by Crippen LogP contribution is -2.08. The lowest BCUT2D eigenvalue weighted by molar-refractivity contribution is 0.352. The third-order valence-corrected chi connectivity index (χ3v) is 2.76. The molecule has 1 aromatic carbocycles. The van der Waals surface area contributed by atoms with Crippen molar-refractivity contribution in [2.75, 3.05) is 0 Å². The van der Waals surface area contributed by atoms with Crippen LogP contribution in [0, 0.1) is 0 Å². The Morgan fingerprint density at radius 3 is 2.53 bits per heavy atom. The van der Waals surface area contributed by atoms with E-state index in [9.17, 15) is 0 Å². The molecule has 1 aromatic heterocycles. The van der Waals surface area contributed by atoms with E-state index in [2.05, 4.69) is 10.1 Å². The van der Waals surface area contributed by atoms with E-state index in [4.69, 9.17) is 33.5 Å². The van der Waals surface area contributed by atoms with Crippen LogP contribution in [0.5, 0.6) is 0 Å². The Bertz CT molecular complexity index is 507. The van der Waals surface area contributed by atoms with Gasteiger partial charge >= 0.3 is 0 Å². The van der Waals surface area contributed by atoms with Crippen molar-refractivity contribution in [1.29, 1.82) is 0 Å². The van der Waals surface area contributed by atoms with E-state index < -0.39 is 0 Å². The van der Waals surface area contributed by atoms with Gasteiger partial charge < -0.3 is 10.3 Å². The molecule has 4 nitrogen and oxygen atoms in total. The van der Waals surface area contributed by atoms with Crippen LogP contribution in [-0.2, 0) is 0 Å². The van der Waals surface area contributed by atoms with E-state index in [-0.39, 0.29) is 6.04 Å². The molecule has 1 heterocycles. The third-order valence-electron chi connectivity index (χ3n) is 2.32. The molecule has 0 fully saturated rings. The Morgan fingerprint density at radius 1 is 1.29 bits per heavy atom. The Kier molecular flexibility index (Phi) is 3.66. The SMILES string of the molecule is CC[C@H](N)c1nc(-c2cc(Cl)cc(Cl)c2)no1. The summed E-state index contributed by atoms with van der Waals surface area (Å²) in [5.74, 6) is 0.854. The lowest BCUT2D eigenvalue weighted by Gasteiger charge is -1.99. The zero-order chi connectivity index (χ0) is 12.4. The first-order valence-corrected chi connectivity index (χ1v) is 5.91. The summed E-state index contributed by atoms with van der Waals surface area (Å²) in [6.45, 7) is 1.95. The predicted octanol–water partition coefficient (Wildman–Crippen LogP) is 3.45. The number of nitrogens with two attached hydrogens (primary N) is 1. The third kappa shape index (κ3) is 2.77. The average Bonchev–Trinajstić information content (AvgIpc) is 2.76. The Labute approximate surface area is 109 Å². The second-order valence-corrected chi connectivity index (χ2v) is 4.50. The first-order valence-electron chi connectivity index (χ1n) is 5.15. The van der Waals surface area contributed by atoms with Crippen molar-refractivity contribution in [3.05, 3.63) is 34.1 Å². The molecule has 0 spiro atoms. The predicted molar refractivity (Wildman–Crippen MR) is 67.0 cm³/mol. The monoisotopic (exact) mass is 271 g/mol. The number of aromatic nitrogens is 2. The van der Waals surface area contributed by atoms with Gasteiger partial charge in [0.25, 0.3) is 0 Å². The van der Waals surface area contributed by atoms with Gasteiger partial charge in [0.1, 0.15) is 0 Å². The standard InChI is InChI=1S/C11H11Cl2N3O/c1-2-9(14)11-15-10(16-17-11)6-3-7(12)5-8(13)4-6/h3-5,9H,2,14H2,1H3/t9-/m0/s1. The summed E-state index contributed by atoms with van der Waals surface area (Å²) >= 11 is 11.8. The minimum atomic E-state index is -0.245. The Hall–Kier alpha value is -1.10. The Morgan fingerprint density at radius 2 is 1.94 bits per heavy atom. The molecule has 90 valence electrons. The number of rotatable bonds is 3. The second-order valence-electron chi connectivity index (χ2n) is 3.63. The zero-order valence-electron chi connectivity index (χ0n) is 9.15. The molecule has 0 aliphatic rings. The molecule has 0 amide bonds. The van der Waals surface area contributed by atoms with Crippen molar-refractivity contribution in [1.82, 2.24) is 10.1 Å². The van der Waals surface area contributed by atoms with Gasteiger partial charge in [-0.1, -0.05) is 35.3 Å². The maximum Gasteiger partial charge on any atom is 0.243 e. The second kappa shape index (κ2) is 5.04. The van der Waals surface area contributed by atoms with Crippen LogP contribution < -0.4 is 5.73 Å². The minimum Gasteiger partial charge on any atom is -0.337 e. The smallest absolute Gasteiger partial charge is 0.243 e. The van der Waals surface area contributed by atoms with Crippen molar-refractivity contribution in [2.24, 2.45) is 5.73 Å². The normalized spacial score (nSPS) is 12.7. The summed E-state index contributed by atoms with van der Waals surface area (Å²) in [6.07, 6.45) is 0.734. The molecular weight excluding hydrogens is 261 g/mol. The van der Waals surface area contributed by atoms with E-state index in [1.807, 2.05) is 6.92 Å². The molecule has 2 rings (SSSR count). The molecule has 17 heavy (non-hydrogen) atoms. The van der Waals surface area contributed by atoms with Crippen LogP contribution in [0.3, 0.4) is 0 Å². The van der Waals surface area contributed by atoms with Crippen LogP contribution in [0.4, 0.5) is 0 Å². The van der Waals surface area contributed by atoms with Crippen molar-refractivity contribution in [3.8, 4) is 11.4 Å². The van der Waals surface area contributed by atoms with Gasteiger partial charge in [-0.2, -0.15) is 4.98 Å². The fourth-order valence-electron chi connectivity index (χ4n) is 1.36. The molecule has 0 radical (unpaired) electrons. The molecule has 2 N–H and O–H groups in total. The van der Waals surface area contributed by atoms with Crippen LogP contribution in [-0.4, -0.2) is 10.1 Å². The van der Waals surface area contributed by atoms with Crippen molar-refractivity contribution >= 4 is 23.2 Å². The molecule has 0 aliphatic heterocycles. The van der Waals surface area contributed by atoms with Gasteiger partial charge in [-0.3, -0.25) is 0 Å². The fraction of sp³-hybridized carbons (Fsp3) is 0.273. The Balaban J connectivity index is 2.36. The largest absolute Gasteiger partial charge is 0.337 e. The summed E-state index contributed by atoms with van der Waals surface area (Å²) in [7, 11) is 0. The van der Waals surface area contributed by atoms with E-state index >= 15 is 0 Å². The highest BCUT2D eigenvalue weighted by molar-refractivity contribution is 6.35. The van der Waals surface area contributed by atoms with Gasteiger partial charge in [0, 0.05) is 15.6 Å². The highest BCUT2D eigenvalue weighted by Crippen LogP contribution is 2.26. The van der Waals surface area contributed by atoms with Gasteiger partial charge in [0.2, 0.25) is 11.7 Å². The molecule has 0 aliphatic carbocycles. The molecule has 6 heteroatoms. The molecule has 0 saturated carbocycles. The number of benzene rings is 1. The highest BCUT2D eigenvalue weighted by Gasteiger charge is 2.14. The maximum atomic E-state index is 5.90. The molecular formula is C11H11Cl2N3O. The zero-order valence-corrected chi connectivity index (χ0v) is 10.7. The van der Waals surface area contributed by atoms with Crippen LogP contribution in [0.15, 0.2) is 22.7 Å². The van der Waals surface area contributed by atoms with Gasteiger partial charge in [-0.25, -0.2) is 0 Å². The molecule has 0 saturated heterocycles. The topological polar surface area (TPSA) is 64.9 Å². The van der Waals surface area contributed by atoms with Crippen molar-refractivity contribution in [2.45, 2.75) is 19.4 Å². The van der Waals surface area contributed by atoms with E-state index in [0.29, 0.717) is 27.3 Å². The minimum absolute atomic E-state index is 0.245. The first kappa shape index (κ1) is 12.4.